The van der Waals surface area contributed by atoms with Crippen molar-refractivity contribution < 1.29 is 13.2 Å². The predicted molar refractivity (Wildman–Crippen MR) is 121 cm³/mol. The van der Waals surface area contributed by atoms with Gasteiger partial charge in [0.25, 0.3) is 15.9 Å². The van der Waals surface area contributed by atoms with Crippen LogP contribution in [0, 0.1) is 0 Å². The van der Waals surface area contributed by atoms with Crippen LogP contribution in [-0.4, -0.2) is 59.0 Å². The molecule has 9 heteroatoms. The number of hydrogen-bond donors (Lipinski definition) is 2. The van der Waals surface area contributed by atoms with E-state index in [2.05, 4.69) is 33.5 Å². The summed E-state index contributed by atoms with van der Waals surface area (Å²) < 4.78 is 28.8. The Hall–Kier alpha value is -2.55. The van der Waals surface area contributed by atoms with Crippen molar-refractivity contribution in [2.24, 2.45) is 0 Å². The van der Waals surface area contributed by atoms with Gasteiger partial charge >= 0.3 is 0 Å². The number of rotatable bonds is 7. The summed E-state index contributed by atoms with van der Waals surface area (Å²) in [6.45, 7) is 7.18. The summed E-state index contributed by atoms with van der Waals surface area (Å²) in [5.41, 5.74) is 1.44. The van der Waals surface area contributed by atoms with Crippen LogP contribution in [0.25, 0.3) is 0 Å². The normalized spacial score (nSPS) is 14.9. The zero-order valence-electron chi connectivity index (χ0n) is 16.8. The van der Waals surface area contributed by atoms with Crippen LogP contribution in [-0.2, 0) is 10.0 Å². The van der Waals surface area contributed by atoms with E-state index in [9.17, 15) is 13.2 Å². The first kappa shape index (κ1) is 22.1. The van der Waals surface area contributed by atoms with Crippen LogP contribution in [0.4, 0.5) is 11.4 Å². The number of amides is 1. The minimum atomic E-state index is -3.92. The van der Waals surface area contributed by atoms with Gasteiger partial charge in [-0.25, -0.2) is 8.42 Å². The lowest BCUT2D eigenvalue weighted by Gasteiger charge is -2.35. The number of likely N-dealkylation sites (N-methyl/N-ethyl adjacent to an activating group) is 1. The maximum atomic E-state index is 13.1. The number of halogens is 1. The Morgan fingerprint density at radius 2 is 1.90 bits per heavy atom. The maximum absolute atomic E-state index is 13.1. The van der Waals surface area contributed by atoms with Gasteiger partial charge < -0.3 is 15.1 Å². The number of sulfonamides is 1. The first-order valence-corrected chi connectivity index (χ1v) is 11.4. The summed E-state index contributed by atoms with van der Waals surface area (Å²) in [5, 5.41) is 3.07. The lowest BCUT2D eigenvalue weighted by atomic mass is 10.2. The smallest absolute Gasteiger partial charge is 0.261 e. The van der Waals surface area contributed by atoms with Crippen molar-refractivity contribution >= 4 is 38.9 Å². The van der Waals surface area contributed by atoms with Crippen molar-refractivity contribution in [2.45, 2.75) is 4.90 Å². The van der Waals surface area contributed by atoms with E-state index in [1.807, 2.05) is 6.07 Å². The first-order valence-electron chi connectivity index (χ1n) is 9.55. The van der Waals surface area contributed by atoms with Crippen molar-refractivity contribution in [3.05, 3.63) is 65.7 Å². The number of nitrogens with one attached hydrogen (secondary N) is 2. The highest BCUT2D eigenvalue weighted by atomic mass is 35.5. The monoisotopic (exact) mass is 448 g/mol. The molecule has 0 spiro atoms. The van der Waals surface area contributed by atoms with Gasteiger partial charge in [0.05, 0.1) is 16.3 Å². The van der Waals surface area contributed by atoms with Crippen LogP contribution in [0.3, 0.4) is 0 Å². The lowest BCUT2D eigenvalue weighted by molar-refractivity contribution is 0.0958. The zero-order valence-corrected chi connectivity index (χ0v) is 18.3. The van der Waals surface area contributed by atoms with Gasteiger partial charge in [-0.2, -0.15) is 0 Å². The molecule has 0 aliphatic carbocycles. The van der Waals surface area contributed by atoms with Crippen molar-refractivity contribution in [1.29, 1.82) is 0 Å². The molecule has 7 nitrogen and oxygen atoms in total. The topological polar surface area (TPSA) is 81.7 Å². The van der Waals surface area contributed by atoms with Crippen LogP contribution >= 0.6 is 11.6 Å². The highest BCUT2D eigenvalue weighted by Crippen LogP contribution is 2.32. The molecule has 0 radical (unpaired) electrons. The summed E-state index contributed by atoms with van der Waals surface area (Å²) >= 11 is 6.15. The van der Waals surface area contributed by atoms with E-state index in [-0.39, 0.29) is 16.4 Å². The fourth-order valence-electron chi connectivity index (χ4n) is 3.19. The molecule has 2 aromatic rings. The second-order valence-corrected chi connectivity index (χ2v) is 9.20. The Morgan fingerprint density at radius 3 is 2.60 bits per heavy atom. The zero-order chi connectivity index (χ0) is 21.7. The number of nitrogens with zero attached hydrogens (tertiary/aromatic N) is 2. The van der Waals surface area contributed by atoms with Crippen LogP contribution in [0.5, 0.6) is 0 Å². The van der Waals surface area contributed by atoms with E-state index in [1.54, 1.807) is 24.3 Å². The molecule has 1 fully saturated rings. The third-order valence-corrected chi connectivity index (χ3v) is 6.46. The van der Waals surface area contributed by atoms with Crippen molar-refractivity contribution in [3.8, 4) is 0 Å². The largest absolute Gasteiger partial charge is 0.367 e. The van der Waals surface area contributed by atoms with E-state index >= 15 is 0 Å². The molecule has 3 rings (SSSR count). The standard InChI is InChI=1S/C21H25ClN4O3S/c1-3-9-23-21(27)16-5-4-6-18(14-16)30(28,29)24-19-15-17(22)7-8-20(19)26-12-10-25(2)11-13-26/h3-8,14-15,24H,1,9-13H2,2H3,(H,23,27). The molecule has 0 aromatic heterocycles. The quantitative estimate of drug-likeness (QED) is 0.636. The van der Waals surface area contributed by atoms with Gasteiger partial charge in [0.2, 0.25) is 0 Å². The Kier molecular flexibility index (Phi) is 7.02. The third kappa shape index (κ3) is 5.33. The van der Waals surface area contributed by atoms with Gasteiger partial charge in [-0.15, -0.1) is 6.58 Å². The first-order chi connectivity index (χ1) is 14.3. The van der Waals surface area contributed by atoms with Gasteiger partial charge in [-0.1, -0.05) is 23.7 Å². The summed E-state index contributed by atoms with van der Waals surface area (Å²) in [5.74, 6) is -0.368. The highest BCUT2D eigenvalue weighted by molar-refractivity contribution is 7.92. The molecule has 1 heterocycles. The van der Waals surface area contributed by atoms with Crippen molar-refractivity contribution in [3.63, 3.8) is 0 Å². The minimum absolute atomic E-state index is 0.00180. The number of benzene rings is 2. The van der Waals surface area contributed by atoms with E-state index in [1.165, 1.54) is 18.2 Å². The van der Waals surface area contributed by atoms with Gasteiger partial charge in [-0.05, 0) is 43.4 Å². The van der Waals surface area contributed by atoms with E-state index < -0.39 is 10.0 Å². The average molecular weight is 449 g/mol. The predicted octanol–water partition coefficient (Wildman–Crippen LogP) is 2.81. The molecule has 1 amide bonds. The van der Waals surface area contributed by atoms with Crippen LogP contribution in [0.1, 0.15) is 10.4 Å². The van der Waals surface area contributed by atoms with Crippen LogP contribution < -0.4 is 14.9 Å². The Morgan fingerprint density at radius 1 is 1.17 bits per heavy atom. The minimum Gasteiger partial charge on any atom is -0.367 e. The van der Waals surface area contributed by atoms with Gasteiger partial charge in [0.15, 0.2) is 0 Å². The number of piperazine rings is 1. The number of carbonyl (C=O) groups excluding carboxylic acids is 1. The summed E-state index contributed by atoms with van der Waals surface area (Å²) in [6.07, 6.45) is 1.55. The van der Waals surface area contributed by atoms with Crippen LogP contribution in [0.15, 0.2) is 60.0 Å². The molecule has 2 aromatic carbocycles. The average Bonchev–Trinajstić information content (AvgIpc) is 2.73. The van der Waals surface area contributed by atoms with Gasteiger partial charge in [-0.3, -0.25) is 9.52 Å². The second-order valence-electron chi connectivity index (χ2n) is 7.08. The van der Waals surface area contributed by atoms with E-state index in [0.717, 1.165) is 31.9 Å². The van der Waals surface area contributed by atoms with Gasteiger partial charge in [0.1, 0.15) is 0 Å². The fraction of sp³-hybridized carbons (Fsp3) is 0.286. The lowest BCUT2D eigenvalue weighted by Crippen LogP contribution is -2.44. The molecule has 0 unspecified atom stereocenters. The fourth-order valence-corrected chi connectivity index (χ4v) is 4.47. The Labute approximate surface area is 182 Å². The maximum Gasteiger partial charge on any atom is 0.261 e. The Balaban J connectivity index is 1.88. The number of hydrogen-bond acceptors (Lipinski definition) is 5. The number of carbonyl (C=O) groups is 1. The summed E-state index contributed by atoms with van der Waals surface area (Å²) in [7, 11) is -1.87. The molecular weight excluding hydrogens is 424 g/mol. The molecule has 2 N–H and O–H groups in total. The van der Waals surface area contributed by atoms with E-state index in [0.29, 0.717) is 17.3 Å². The van der Waals surface area contributed by atoms with Crippen LogP contribution in [0.2, 0.25) is 5.02 Å². The SMILES string of the molecule is C=CCNC(=O)c1cccc(S(=O)(=O)Nc2cc(Cl)ccc2N2CCN(C)CC2)c1. The summed E-state index contributed by atoms with van der Waals surface area (Å²) in [4.78, 5) is 16.5. The molecule has 0 atom stereocenters. The molecule has 0 saturated carbocycles. The Bertz CT molecular complexity index is 1030. The van der Waals surface area contributed by atoms with Gasteiger partial charge in [0, 0.05) is 43.3 Å². The molecule has 1 saturated heterocycles. The third-order valence-electron chi connectivity index (χ3n) is 4.86. The second kappa shape index (κ2) is 9.51. The molecule has 0 bridgehead atoms. The molecule has 1 aliphatic rings. The molecule has 30 heavy (non-hydrogen) atoms. The molecular formula is C21H25ClN4O3S. The highest BCUT2D eigenvalue weighted by Gasteiger charge is 2.22. The summed E-state index contributed by atoms with van der Waals surface area (Å²) in [6, 6.07) is 11.1. The van der Waals surface area contributed by atoms with Crippen molar-refractivity contribution in [2.75, 3.05) is 49.4 Å². The number of anilines is 2. The molecule has 1 aliphatic heterocycles. The molecule has 160 valence electrons. The van der Waals surface area contributed by atoms with Crippen molar-refractivity contribution in [1.82, 2.24) is 10.2 Å². The van der Waals surface area contributed by atoms with E-state index in [4.69, 9.17) is 11.6 Å².